The quantitative estimate of drug-likeness (QED) is 0.849. The molecule has 0 radical (unpaired) electrons. The predicted octanol–water partition coefficient (Wildman–Crippen LogP) is 2.67. The van der Waals surface area contributed by atoms with Crippen molar-refractivity contribution in [2.24, 2.45) is 0 Å². The molecule has 1 N–H and O–H groups in total. The molecule has 0 saturated heterocycles. The van der Waals surface area contributed by atoms with Gasteiger partial charge in [-0.05, 0) is 12.0 Å². The minimum absolute atomic E-state index is 0.00579. The second-order valence-electron chi connectivity index (χ2n) is 3.88. The van der Waals surface area contributed by atoms with Crippen molar-refractivity contribution < 1.29 is 0 Å². The van der Waals surface area contributed by atoms with Crippen LogP contribution in [0.2, 0.25) is 0 Å². The van der Waals surface area contributed by atoms with Crippen molar-refractivity contribution in [3.05, 3.63) is 27.1 Å². The van der Waals surface area contributed by atoms with E-state index in [0.717, 1.165) is 22.5 Å². The monoisotopic (exact) mass is 222 g/mol. The first kappa shape index (κ1) is 10.4. The molecule has 3 nitrogen and oxygen atoms in total. The Morgan fingerprint density at radius 1 is 1.53 bits per heavy atom. The topological polar surface area (TPSA) is 45.8 Å². The van der Waals surface area contributed by atoms with Gasteiger partial charge in [-0.1, -0.05) is 20.8 Å². The van der Waals surface area contributed by atoms with E-state index in [1.54, 1.807) is 11.3 Å². The minimum Gasteiger partial charge on any atom is -0.309 e. The molecule has 2 heterocycles. The van der Waals surface area contributed by atoms with Crippen LogP contribution in [0, 0.1) is 0 Å². The minimum atomic E-state index is -0.00579. The van der Waals surface area contributed by atoms with Crippen molar-refractivity contribution in [1.29, 1.82) is 0 Å². The number of fused-ring (bicyclic) bond motifs is 1. The van der Waals surface area contributed by atoms with Crippen LogP contribution in [0.5, 0.6) is 0 Å². The molecular formula is C11H14N2OS. The van der Waals surface area contributed by atoms with Crippen LogP contribution in [0.1, 0.15) is 37.4 Å². The first-order chi connectivity index (χ1) is 7.11. The summed E-state index contributed by atoms with van der Waals surface area (Å²) in [6, 6.07) is 2.03. The molecule has 2 aromatic heterocycles. The Morgan fingerprint density at radius 2 is 2.27 bits per heavy atom. The summed E-state index contributed by atoms with van der Waals surface area (Å²) in [6.45, 7) is 6.24. The summed E-state index contributed by atoms with van der Waals surface area (Å²) in [4.78, 5) is 20.1. The van der Waals surface area contributed by atoms with Gasteiger partial charge in [0, 0.05) is 11.3 Å². The molecular weight excluding hydrogens is 208 g/mol. The Balaban J connectivity index is 2.70. The smallest absolute Gasteiger partial charge is 0.268 e. The second-order valence-corrected chi connectivity index (χ2v) is 4.97. The number of aromatic amines is 1. The lowest BCUT2D eigenvalue weighted by molar-refractivity contribution is 0.889. The Morgan fingerprint density at radius 3 is 2.87 bits per heavy atom. The van der Waals surface area contributed by atoms with Crippen LogP contribution >= 0.6 is 11.3 Å². The zero-order chi connectivity index (χ0) is 11.0. The van der Waals surface area contributed by atoms with Crippen molar-refractivity contribution in [2.75, 3.05) is 0 Å². The number of aryl methyl sites for hydroxylation is 1. The van der Waals surface area contributed by atoms with Crippen LogP contribution < -0.4 is 5.56 Å². The third-order valence-corrected chi connectivity index (χ3v) is 3.78. The highest BCUT2D eigenvalue weighted by atomic mass is 32.1. The molecule has 0 fully saturated rings. The molecule has 2 rings (SSSR count). The van der Waals surface area contributed by atoms with E-state index in [1.807, 2.05) is 13.0 Å². The van der Waals surface area contributed by atoms with E-state index in [2.05, 4.69) is 23.8 Å². The Hall–Kier alpha value is -1.16. The fourth-order valence-corrected chi connectivity index (χ4v) is 2.45. The van der Waals surface area contributed by atoms with Crippen LogP contribution in [-0.4, -0.2) is 9.97 Å². The van der Waals surface area contributed by atoms with Gasteiger partial charge in [0.05, 0.1) is 5.52 Å². The fourth-order valence-electron chi connectivity index (χ4n) is 1.46. The molecule has 0 saturated carbocycles. The van der Waals surface area contributed by atoms with Gasteiger partial charge in [-0.3, -0.25) is 4.79 Å². The molecule has 2 aromatic rings. The van der Waals surface area contributed by atoms with E-state index < -0.39 is 0 Å². The largest absolute Gasteiger partial charge is 0.309 e. The lowest BCUT2D eigenvalue weighted by Gasteiger charge is -1.95. The molecule has 0 atom stereocenters. The molecule has 0 unspecified atom stereocenters. The summed E-state index contributed by atoms with van der Waals surface area (Å²) in [5, 5.41) is 0. The summed E-state index contributed by atoms with van der Waals surface area (Å²) < 4.78 is 0.746. The zero-order valence-electron chi connectivity index (χ0n) is 9.13. The Bertz CT molecular complexity index is 539. The van der Waals surface area contributed by atoms with Gasteiger partial charge >= 0.3 is 0 Å². The Kier molecular flexibility index (Phi) is 2.61. The van der Waals surface area contributed by atoms with E-state index >= 15 is 0 Å². The standard InChI is InChI=1S/C11H14N2OS/c1-4-9-12-7-5-8(6(2)3)15-10(7)11(14)13-9/h5-6H,4H2,1-3H3,(H,12,13,14). The average molecular weight is 222 g/mol. The number of hydrogen-bond acceptors (Lipinski definition) is 3. The van der Waals surface area contributed by atoms with Crippen molar-refractivity contribution >= 4 is 21.6 Å². The van der Waals surface area contributed by atoms with Crippen LogP contribution in [0.25, 0.3) is 10.2 Å². The van der Waals surface area contributed by atoms with Crippen LogP contribution in [0.3, 0.4) is 0 Å². The number of thiophene rings is 1. The summed E-state index contributed by atoms with van der Waals surface area (Å²) in [5.41, 5.74) is 0.832. The van der Waals surface area contributed by atoms with Gasteiger partial charge in [0.1, 0.15) is 10.5 Å². The molecule has 0 amide bonds. The van der Waals surface area contributed by atoms with Crippen molar-refractivity contribution in [1.82, 2.24) is 9.97 Å². The number of nitrogens with zero attached hydrogens (tertiary/aromatic N) is 1. The van der Waals surface area contributed by atoms with Crippen molar-refractivity contribution in [2.45, 2.75) is 33.1 Å². The lowest BCUT2D eigenvalue weighted by Crippen LogP contribution is -2.09. The van der Waals surface area contributed by atoms with Gasteiger partial charge in [0.2, 0.25) is 0 Å². The van der Waals surface area contributed by atoms with Gasteiger partial charge in [-0.2, -0.15) is 0 Å². The van der Waals surface area contributed by atoms with Gasteiger partial charge in [-0.25, -0.2) is 4.98 Å². The molecule has 0 aliphatic heterocycles. The van der Waals surface area contributed by atoms with Crippen molar-refractivity contribution in [3.63, 3.8) is 0 Å². The molecule has 80 valence electrons. The third kappa shape index (κ3) is 1.81. The molecule has 0 aliphatic rings. The average Bonchev–Trinajstić information content (AvgIpc) is 2.61. The van der Waals surface area contributed by atoms with Gasteiger partial charge in [0.15, 0.2) is 0 Å². The van der Waals surface area contributed by atoms with Gasteiger partial charge in [-0.15, -0.1) is 11.3 Å². The Labute approximate surface area is 92.2 Å². The first-order valence-electron chi connectivity index (χ1n) is 5.14. The van der Waals surface area contributed by atoms with Crippen molar-refractivity contribution in [3.8, 4) is 0 Å². The number of rotatable bonds is 2. The highest BCUT2D eigenvalue weighted by Gasteiger charge is 2.10. The fraction of sp³-hybridized carbons (Fsp3) is 0.455. The maximum atomic E-state index is 11.7. The summed E-state index contributed by atoms with van der Waals surface area (Å²) in [7, 11) is 0. The number of aromatic nitrogens is 2. The molecule has 0 bridgehead atoms. The van der Waals surface area contributed by atoms with E-state index in [1.165, 1.54) is 4.88 Å². The molecule has 0 aliphatic carbocycles. The highest BCUT2D eigenvalue weighted by molar-refractivity contribution is 7.19. The normalized spacial score (nSPS) is 11.5. The highest BCUT2D eigenvalue weighted by Crippen LogP contribution is 2.27. The SMILES string of the molecule is CCc1nc2cc(C(C)C)sc2c(=O)[nH]1. The lowest BCUT2D eigenvalue weighted by atomic mass is 10.2. The van der Waals surface area contributed by atoms with E-state index in [-0.39, 0.29) is 5.56 Å². The first-order valence-corrected chi connectivity index (χ1v) is 5.96. The van der Waals surface area contributed by atoms with Crippen LogP contribution in [-0.2, 0) is 6.42 Å². The maximum absolute atomic E-state index is 11.7. The van der Waals surface area contributed by atoms with E-state index in [0.29, 0.717) is 5.92 Å². The molecule has 0 aromatic carbocycles. The molecule has 4 heteroatoms. The molecule has 15 heavy (non-hydrogen) atoms. The second kappa shape index (κ2) is 3.77. The zero-order valence-corrected chi connectivity index (χ0v) is 9.94. The van der Waals surface area contributed by atoms with E-state index in [9.17, 15) is 4.79 Å². The van der Waals surface area contributed by atoms with Gasteiger partial charge < -0.3 is 4.98 Å². The number of hydrogen-bond donors (Lipinski definition) is 1. The summed E-state index contributed by atoms with van der Waals surface area (Å²) in [5.74, 6) is 1.22. The molecule has 0 spiro atoms. The third-order valence-electron chi connectivity index (χ3n) is 2.35. The maximum Gasteiger partial charge on any atom is 0.268 e. The summed E-state index contributed by atoms with van der Waals surface area (Å²) in [6.07, 6.45) is 0.762. The van der Waals surface area contributed by atoms with Crippen LogP contribution in [0.15, 0.2) is 10.9 Å². The van der Waals surface area contributed by atoms with Gasteiger partial charge in [0.25, 0.3) is 5.56 Å². The number of nitrogens with one attached hydrogen (secondary N) is 1. The van der Waals surface area contributed by atoms with Crippen LogP contribution in [0.4, 0.5) is 0 Å². The number of H-pyrrole nitrogens is 1. The summed E-state index contributed by atoms with van der Waals surface area (Å²) >= 11 is 1.54. The van der Waals surface area contributed by atoms with E-state index in [4.69, 9.17) is 0 Å². The predicted molar refractivity (Wildman–Crippen MR) is 63.7 cm³/mol.